The lowest BCUT2D eigenvalue weighted by Gasteiger charge is -2.19. The number of carbonyl (C=O) groups excluding carboxylic acids is 3. The van der Waals surface area contributed by atoms with Crippen molar-refractivity contribution in [2.45, 2.75) is 10.1 Å². The number of thioether (sulfide) groups is 1. The zero-order valence-electron chi connectivity index (χ0n) is 26.4. The van der Waals surface area contributed by atoms with E-state index >= 15 is 0 Å². The summed E-state index contributed by atoms with van der Waals surface area (Å²) in [5.41, 5.74) is 2.91. The fourth-order valence-electron chi connectivity index (χ4n) is 4.71. The van der Waals surface area contributed by atoms with E-state index in [1.165, 1.54) is 26.0 Å². The lowest BCUT2D eigenvalue weighted by molar-refractivity contribution is -0.116. The molecule has 0 saturated heterocycles. The van der Waals surface area contributed by atoms with Crippen molar-refractivity contribution in [3.05, 3.63) is 153 Å². The van der Waals surface area contributed by atoms with Gasteiger partial charge in [0.15, 0.2) is 0 Å². The maximum atomic E-state index is 13.7. The van der Waals surface area contributed by atoms with Crippen LogP contribution in [0.3, 0.4) is 0 Å². The van der Waals surface area contributed by atoms with Crippen molar-refractivity contribution in [2.75, 3.05) is 24.9 Å². The average Bonchev–Trinajstić information content (AvgIpc) is 3.11. The van der Waals surface area contributed by atoms with Gasteiger partial charge in [-0.05, 0) is 71.8 Å². The normalized spacial score (nSPS) is 11.6. The molecule has 5 aromatic carbocycles. The third kappa shape index (κ3) is 9.54. The second-order valence-electron chi connectivity index (χ2n) is 10.5. The summed E-state index contributed by atoms with van der Waals surface area (Å²) < 4.78 is 11.6. The molecular weight excluding hydrogens is 726 g/mol. The maximum absolute atomic E-state index is 13.7. The number of methoxy groups -OCH3 is 2. The van der Waals surface area contributed by atoms with Gasteiger partial charge in [0.25, 0.3) is 11.8 Å². The highest BCUT2D eigenvalue weighted by molar-refractivity contribution is 9.10. The summed E-state index contributed by atoms with van der Waals surface area (Å²) in [6, 6.07) is 35.7. The molecule has 0 fully saturated rings. The van der Waals surface area contributed by atoms with Crippen molar-refractivity contribution in [1.29, 1.82) is 0 Å². The summed E-state index contributed by atoms with van der Waals surface area (Å²) in [5, 5.41) is 8.26. The van der Waals surface area contributed by atoms with Gasteiger partial charge < -0.3 is 25.4 Å². The molecule has 3 N–H and O–H groups in total. The van der Waals surface area contributed by atoms with Crippen LogP contribution in [0, 0.1) is 0 Å². The molecule has 3 amide bonds. The summed E-state index contributed by atoms with van der Waals surface area (Å²) in [4.78, 5) is 41.0. The molecule has 8 nitrogen and oxygen atoms in total. The maximum Gasteiger partial charge on any atom is 0.272 e. The van der Waals surface area contributed by atoms with Crippen LogP contribution in [0.2, 0.25) is 5.02 Å². The minimum atomic E-state index is -0.639. The van der Waals surface area contributed by atoms with E-state index in [9.17, 15) is 14.4 Å². The highest BCUT2D eigenvalue weighted by Crippen LogP contribution is 2.40. The Bertz CT molecular complexity index is 1980. The molecule has 0 aliphatic carbocycles. The smallest absolute Gasteiger partial charge is 0.272 e. The fraction of sp³-hybridized carbons (Fsp3) is 0.0789. The molecule has 0 aliphatic heterocycles. The summed E-state index contributed by atoms with van der Waals surface area (Å²) in [6.45, 7) is 0. The van der Waals surface area contributed by atoms with Crippen LogP contribution < -0.4 is 25.4 Å². The molecule has 5 aromatic rings. The summed E-state index contributed by atoms with van der Waals surface area (Å²) >= 11 is 11.1. The lowest BCUT2D eigenvalue weighted by atomic mass is 10.1. The van der Waals surface area contributed by atoms with Gasteiger partial charge in [0.2, 0.25) is 5.91 Å². The third-order valence-electron chi connectivity index (χ3n) is 7.13. The molecule has 0 heterocycles. The van der Waals surface area contributed by atoms with E-state index in [0.29, 0.717) is 33.5 Å². The van der Waals surface area contributed by atoms with Gasteiger partial charge in [-0.2, -0.15) is 0 Å². The van der Waals surface area contributed by atoms with Crippen molar-refractivity contribution >= 4 is 74.5 Å². The van der Waals surface area contributed by atoms with E-state index in [-0.39, 0.29) is 11.6 Å². The fourth-order valence-corrected chi connectivity index (χ4v) is 6.40. The predicted octanol–water partition coefficient (Wildman–Crippen LogP) is 9.00. The summed E-state index contributed by atoms with van der Waals surface area (Å²) in [7, 11) is 3.00. The van der Waals surface area contributed by atoms with E-state index in [2.05, 4.69) is 31.9 Å². The molecule has 5 rings (SSSR count). The summed E-state index contributed by atoms with van der Waals surface area (Å²) in [6.07, 6.45) is 1.61. The van der Waals surface area contributed by atoms with E-state index in [1.807, 2.05) is 72.8 Å². The number of rotatable bonds is 12. The van der Waals surface area contributed by atoms with E-state index in [0.717, 1.165) is 20.5 Å². The number of benzene rings is 5. The molecule has 0 saturated carbocycles. The Kier molecular flexibility index (Phi) is 12.2. The number of ether oxygens (including phenoxy) is 2. The topological polar surface area (TPSA) is 106 Å². The first-order valence-electron chi connectivity index (χ1n) is 14.9. The van der Waals surface area contributed by atoms with Gasteiger partial charge in [0, 0.05) is 26.7 Å². The van der Waals surface area contributed by atoms with Crippen LogP contribution in [0.5, 0.6) is 11.5 Å². The highest BCUT2D eigenvalue weighted by Gasteiger charge is 2.24. The molecule has 0 aromatic heterocycles. The minimum absolute atomic E-state index is 0.0697. The quantitative estimate of drug-likeness (QED) is 0.0867. The average molecular weight is 757 g/mol. The Hall–Kier alpha value is -5.03. The van der Waals surface area contributed by atoms with Crippen LogP contribution in [-0.2, 0) is 9.59 Å². The van der Waals surface area contributed by atoms with E-state index < -0.39 is 17.1 Å². The number of anilines is 2. The molecule has 0 radical (unpaired) electrons. The Morgan fingerprint density at radius 2 is 1.45 bits per heavy atom. The minimum Gasteiger partial charge on any atom is -0.495 e. The predicted molar refractivity (Wildman–Crippen MR) is 199 cm³/mol. The van der Waals surface area contributed by atoms with Gasteiger partial charge in [-0.3, -0.25) is 14.4 Å². The molecule has 11 heteroatoms. The Morgan fingerprint density at radius 1 is 0.776 bits per heavy atom. The zero-order valence-corrected chi connectivity index (χ0v) is 29.6. The first-order chi connectivity index (χ1) is 23.7. The van der Waals surface area contributed by atoms with E-state index in [4.69, 9.17) is 21.1 Å². The van der Waals surface area contributed by atoms with Gasteiger partial charge in [0.1, 0.15) is 22.4 Å². The van der Waals surface area contributed by atoms with Crippen LogP contribution in [-0.4, -0.2) is 31.9 Å². The van der Waals surface area contributed by atoms with Gasteiger partial charge in [0.05, 0.1) is 24.9 Å². The van der Waals surface area contributed by atoms with Crippen molar-refractivity contribution in [3.8, 4) is 11.5 Å². The number of amides is 3. The SMILES string of the molecule is COc1cc(OC)c(NC(=O)C(Sc2ccc(NC(=O)/C(=C/c3cccc(Br)c3)NC(=O)c3ccccc3)cc2)c2ccccc2)cc1Cl. The second kappa shape index (κ2) is 16.9. The van der Waals surface area contributed by atoms with Gasteiger partial charge in [-0.25, -0.2) is 0 Å². The molecule has 1 atom stereocenters. The Morgan fingerprint density at radius 3 is 2.10 bits per heavy atom. The zero-order chi connectivity index (χ0) is 34.8. The Balaban J connectivity index is 1.34. The van der Waals surface area contributed by atoms with Crippen LogP contribution in [0.1, 0.15) is 26.7 Å². The lowest BCUT2D eigenvalue weighted by Crippen LogP contribution is -2.30. The largest absolute Gasteiger partial charge is 0.495 e. The first-order valence-corrected chi connectivity index (χ1v) is 17.0. The number of halogens is 2. The molecule has 248 valence electrons. The Labute approximate surface area is 302 Å². The molecule has 1 unspecified atom stereocenters. The van der Waals surface area contributed by atoms with Gasteiger partial charge in [-0.1, -0.05) is 88.2 Å². The molecular formula is C38H31BrClN3O5S. The van der Waals surface area contributed by atoms with Gasteiger partial charge >= 0.3 is 0 Å². The third-order valence-corrected chi connectivity index (χ3v) is 9.18. The van der Waals surface area contributed by atoms with Crippen molar-refractivity contribution in [3.63, 3.8) is 0 Å². The number of hydrogen-bond acceptors (Lipinski definition) is 6. The van der Waals surface area contributed by atoms with Crippen molar-refractivity contribution in [1.82, 2.24) is 5.32 Å². The standard InChI is InChI=1S/C38H31BrClN3O5S/c1-47-33-23-34(48-2)31(22-30(33)40)42-38(46)35(25-11-5-3-6-12-25)49-29-18-16-28(17-19-29)41-37(45)32(21-24-10-9-15-27(39)20-24)43-36(44)26-13-7-4-8-14-26/h3-23,35H,1-2H3,(H,41,45)(H,42,46)(H,43,44)/b32-21-. The van der Waals surface area contributed by atoms with Crippen LogP contribution >= 0.6 is 39.3 Å². The molecule has 0 bridgehead atoms. The van der Waals surface area contributed by atoms with Crippen LogP contribution in [0.4, 0.5) is 11.4 Å². The molecule has 0 spiro atoms. The number of nitrogens with one attached hydrogen (secondary N) is 3. The monoisotopic (exact) mass is 755 g/mol. The first kappa shape index (κ1) is 35.3. The number of carbonyl (C=O) groups is 3. The van der Waals surface area contributed by atoms with Gasteiger partial charge in [-0.15, -0.1) is 11.8 Å². The molecule has 49 heavy (non-hydrogen) atoms. The molecule has 0 aliphatic rings. The summed E-state index contributed by atoms with van der Waals surface area (Å²) in [5.74, 6) is -0.377. The van der Waals surface area contributed by atoms with Crippen LogP contribution in [0.25, 0.3) is 6.08 Å². The van der Waals surface area contributed by atoms with Crippen molar-refractivity contribution in [2.24, 2.45) is 0 Å². The van der Waals surface area contributed by atoms with E-state index in [1.54, 1.807) is 54.6 Å². The van der Waals surface area contributed by atoms with Crippen LogP contribution in [0.15, 0.2) is 136 Å². The number of hydrogen-bond donors (Lipinski definition) is 3. The van der Waals surface area contributed by atoms with Crippen molar-refractivity contribution < 1.29 is 23.9 Å². The second-order valence-corrected chi connectivity index (χ2v) is 13.0. The highest BCUT2D eigenvalue weighted by atomic mass is 79.9.